The van der Waals surface area contributed by atoms with Crippen molar-refractivity contribution in [1.82, 2.24) is 9.67 Å². The van der Waals surface area contributed by atoms with E-state index in [0.717, 1.165) is 29.5 Å². The van der Waals surface area contributed by atoms with Crippen molar-refractivity contribution in [2.24, 2.45) is 0 Å². The topological polar surface area (TPSA) is 30.9 Å². The Hall–Kier alpha value is 0.808. The maximum atomic E-state index is 6.50. The Morgan fingerprint density at radius 3 is 2.12 bits per heavy atom. The van der Waals surface area contributed by atoms with Crippen molar-refractivity contribution in [1.29, 1.82) is 0 Å². The number of fused-ring (bicyclic) bond motifs is 3. The molecule has 3 aromatic rings. The number of hydrogen-bond donors (Lipinski definition) is 0. The van der Waals surface area contributed by atoms with Crippen LogP contribution in [0.1, 0.15) is 18.6 Å². The average molecular weight is 730 g/mol. The molecule has 176 valence electrons. The molecule has 0 fully saturated rings. The number of nitrogens with zero attached hydrogens (tertiary/aromatic N) is 3. The molecule has 0 N–H and O–H groups in total. The Morgan fingerprint density at radius 2 is 1.56 bits per heavy atom. The summed E-state index contributed by atoms with van der Waals surface area (Å²) >= 11 is 19.1. The van der Waals surface area contributed by atoms with Gasteiger partial charge >= 0.3 is 67.9 Å². The van der Waals surface area contributed by atoms with Crippen molar-refractivity contribution in [2.45, 2.75) is 19.8 Å². The predicted molar refractivity (Wildman–Crippen MR) is 140 cm³/mol. The van der Waals surface area contributed by atoms with E-state index in [1.807, 2.05) is 33.6 Å². The zero-order chi connectivity index (χ0) is 24.0. The summed E-state index contributed by atoms with van der Waals surface area (Å²) in [6.45, 7) is 2.62. The van der Waals surface area contributed by atoms with E-state index in [1.165, 1.54) is 0 Å². The van der Waals surface area contributed by atoms with Crippen molar-refractivity contribution < 1.29 is 9.42 Å². The van der Waals surface area contributed by atoms with Crippen LogP contribution in [0.4, 0.5) is 0 Å². The second-order valence-corrected chi connectivity index (χ2v) is 64.8. The van der Waals surface area contributed by atoms with Crippen molar-refractivity contribution in [3.8, 4) is 17.1 Å². The summed E-state index contributed by atoms with van der Waals surface area (Å²) < 4.78 is 9.86. The van der Waals surface area contributed by atoms with Gasteiger partial charge in [-0.2, -0.15) is 0 Å². The van der Waals surface area contributed by atoms with Crippen molar-refractivity contribution in [3.63, 3.8) is 0 Å². The maximum absolute atomic E-state index is 6.50. The van der Waals surface area contributed by atoms with Gasteiger partial charge in [0, 0.05) is 5.02 Å². The first-order chi connectivity index (χ1) is 14.5. The summed E-state index contributed by atoms with van der Waals surface area (Å²) in [5.74, 6) is 2.58. The molecule has 0 bridgehead atoms. The molecular formula is C18H15Cl9N3OSb. The van der Waals surface area contributed by atoms with E-state index in [1.54, 1.807) is 12.1 Å². The molecule has 2 heterocycles. The van der Waals surface area contributed by atoms with Gasteiger partial charge in [-0.1, -0.05) is 53.9 Å². The van der Waals surface area contributed by atoms with Crippen LogP contribution < -0.4 is 9.42 Å². The van der Waals surface area contributed by atoms with Crippen LogP contribution in [0.25, 0.3) is 11.4 Å². The molecule has 4 rings (SSSR count). The van der Waals surface area contributed by atoms with E-state index in [2.05, 4.69) is 6.92 Å². The molecule has 14 heteroatoms. The van der Waals surface area contributed by atoms with Crippen molar-refractivity contribution in [3.05, 3.63) is 63.1 Å². The predicted octanol–water partition coefficient (Wildman–Crippen LogP) is 8.36. The quantitative estimate of drug-likeness (QED) is 0.196. The molecule has 1 aliphatic heterocycles. The number of para-hydroxylation sites is 2. The zero-order valence-electron chi connectivity index (χ0n) is 16.2. The molecule has 0 saturated carbocycles. The number of hydrogen-bond acceptors (Lipinski definition) is 2. The van der Waals surface area contributed by atoms with Crippen LogP contribution in [-0.4, -0.2) is 25.4 Å². The fourth-order valence-corrected chi connectivity index (χ4v) is 4.06. The van der Waals surface area contributed by atoms with E-state index < -0.39 is 9.14 Å². The van der Waals surface area contributed by atoms with Gasteiger partial charge in [0.25, 0.3) is 5.82 Å². The SMILES string of the molecule is CCc1nc2n([n+]1-c1c(Cl)cc(Cl)cc1Cl)-c1ccccc1OCC2.[Cl][Sb-]([Cl])([Cl])([Cl])([Cl])[Cl]. The Kier molecular flexibility index (Phi) is 8.01. The van der Waals surface area contributed by atoms with Crippen LogP contribution in [0.2, 0.25) is 15.1 Å². The molecule has 4 nitrogen and oxygen atoms in total. The number of halogens is 9. The van der Waals surface area contributed by atoms with E-state index in [4.69, 9.17) is 97.5 Å². The molecule has 1 aromatic heterocycles. The first-order valence-corrected chi connectivity index (χ1v) is 29.5. The summed E-state index contributed by atoms with van der Waals surface area (Å²) in [7, 11) is 25.0. The molecular weight excluding hydrogens is 715 g/mol. The Labute approximate surface area is 220 Å². The van der Waals surface area contributed by atoms with Crippen LogP contribution in [0.15, 0.2) is 36.4 Å². The molecule has 0 spiro atoms. The summed E-state index contributed by atoms with van der Waals surface area (Å²) in [6, 6.07) is 11.3. The second-order valence-electron chi connectivity index (χ2n) is 6.66. The monoisotopic (exact) mass is 725 g/mol. The minimum atomic E-state index is -5.42. The number of aromatic nitrogens is 3. The summed E-state index contributed by atoms with van der Waals surface area (Å²) in [6.07, 6.45) is 1.43. The Morgan fingerprint density at radius 1 is 1.00 bits per heavy atom. The fourth-order valence-electron chi connectivity index (χ4n) is 3.08. The number of aryl methyl sites for hydroxylation is 1. The van der Waals surface area contributed by atoms with Gasteiger partial charge in [0.05, 0.1) is 29.5 Å². The van der Waals surface area contributed by atoms with Crippen LogP contribution in [-0.2, 0) is 12.8 Å². The third-order valence-electron chi connectivity index (χ3n) is 4.13. The summed E-state index contributed by atoms with van der Waals surface area (Å²) in [5.41, 5.74) is 1.57. The van der Waals surface area contributed by atoms with E-state index >= 15 is 0 Å². The minimum absolute atomic E-state index is 0.475. The van der Waals surface area contributed by atoms with E-state index in [0.29, 0.717) is 33.8 Å². The molecule has 32 heavy (non-hydrogen) atoms. The third kappa shape index (κ3) is 7.65. The number of rotatable bonds is 2. The summed E-state index contributed by atoms with van der Waals surface area (Å²) in [5, 5.41) is 1.45. The van der Waals surface area contributed by atoms with Gasteiger partial charge < -0.3 is 4.74 Å². The molecule has 0 amide bonds. The zero-order valence-corrected chi connectivity index (χ0v) is 25.5. The molecule has 0 unspecified atom stereocenters. The molecule has 1 aliphatic rings. The third-order valence-corrected chi connectivity index (χ3v) is 4.93. The van der Waals surface area contributed by atoms with Crippen LogP contribution in [0, 0.1) is 0 Å². The number of benzene rings is 2. The number of ether oxygens (including phenoxy) is 1. The first-order valence-electron chi connectivity index (χ1n) is 9.01. The van der Waals surface area contributed by atoms with Gasteiger partial charge in [0.1, 0.15) is 11.4 Å². The van der Waals surface area contributed by atoms with E-state index in [9.17, 15) is 0 Å². The van der Waals surface area contributed by atoms with Crippen molar-refractivity contribution in [2.75, 3.05) is 6.61 Å². The van der Waals surface area contributed by atoms with Crippen molar-refractivity contribution >= 4 is 96.9 Å². The van der Waals surface area contributed by atoms with Gasteiger partial charge in [-0.15, -0.1) is 9.36 Å². The molecule has 0 radical (unpaired) electrons. The van der Waals surface area contributed by atoms with E-state index in [-0.39, 0.29) is 0 Å². The van der Waals surface area contributed by atoms with Crippen LogP contribution in [0.5, 0.6) is 5.75 Å². The summed E-state index contributed by atoms with van der Waals surface area (Å²) in [4.78, 5) is 4.80. The molecule has 0 atom stereocenters. The molecule has 2 aromatic carbocycles. The normalized spacial score (nSPS) is 15.2. The van der Waals surface area contributed by atoms with Crippen LogP contribution in [0.3, 0.4) is 0 Å². The standard InChI is InChI=1S/C18H15Cl3N3O.6ClH.Sb/c1-2-16-22-17-7-8-25-15-6-4-3-5-14(15)23(17)24(16)18-12(20)9-11(19)10-13(18)21;;;;;;;/h3-6,9-10H,2,7-8H2,1H3;6*1H;/q+1;;;;;;;+5/p-6. The van der Waals surface area contributed by atoms with Gasteiger partial charge in [-0.25, -0.2) is 0 Å². The van der Waals surface area contributed by atoms with Gasteiger partial charge in [-0.05, 0) is 29.2 Å². The van der Waals surface area contributed by atoms with Gasteiger partial charge in [0.15, 0.2) is 5.69 Å². The Bertz CT molecular complexity index is 1140. The molecule has 0 aliphatic carbocycles. The van der Waals surface area contributed by atoms with Gasteiger partial charge in [0.2, 0.25) is 0 Å². The average Bonchev–Trinajstić information content (AvgIpc) is 2.86. The van der Waals surface area contributed by atoms with Gasteiger partial charge in [-0.3, -0.25) is 0 Å². The second kappa shape index (κ2) is 9.36. The van der Waals surface area contributed by atoms with Crippen LogP contribution >= 0.6 is 87.8 Å². The fraction of sp³-hybridized carbons (Fsp3) is 0.222. The molecule has 0 saturated heterocycles. The Balaban J connectivity index is 0.000000360. The first kappa shape index (κ1) is 27.4.